The zero-order valence-corrected chi connectivity index (χ0v) is 25.2. The first-order chi connectivity index (χ1) is 20.8. The molecule has 14 heteroatoms. The topological polar surface area (TPSA) is 154 Å². The summed E-state index contributed by atoms with van der Waals surface area (Å²) in [5.74, 6) is 1.25. The van der Waals surface area contributed by atoms with E-state index in [0.717, 1.165) is 24.1 Å². The monoisotopic (exact) mass is 606 g/mol. The Kier molecular flexibility index (Phi) is 8.07. The summed E-state index contributed by atoms with van der Waals surface area (Å²) in [4.78, 5) is 36.8. The molecule has 0 bridgehead atoms. The first-order valence-corrected chi connectivity index (χ1v) is 15.8. The van der Waals surface area contributed by atoms with Gasteiger partial charge in [-0.1, -0.05) is 19.1 Å². The molecular formula is C29H34N8O5S. The predicted molar refractivity (Wildman–Crippen MR) is 159 cm³/mol. The number of methoxy groups -OCH3 is 1. The molecule has 1 unspecified atom stereocenters. The Bertz CT molecular complexity index is 1800. The van der Waals surface area contributed by atoms with E-state index in [2.05, 4.69) is 25.3 Å². The van der Waals surface area contributed by atoms with Crippen LogP contribution in [0.3, 0.4) is 0 Å². The Balaban J connectivity index is 1.31. The molecule has 1 aromatic carbocycles. The lowest BCUT2D eigenvalue weighted by Crippen LogP contribution is -2.40. The number of hydrogen-bond acceptors (Lipinski definition) is 11. The number of anilines is 1. The summed E-state index contributed by atoms with van der Waals surface area (Å²) in [5, 5.41) is 3.14. The van der Waals surface area contributed by atoms with Crippen LogP contribution in [0.5, 0.6) is 5.88 Å². The lowest BCUT2D eigenvalue weighted by molar-refractivity contribution is 0.0730. The van der Waals surface area contributed by atoms with Crippen LogP contribution in [0, 0.1) is 0 Å². The van der Waals surface area contributed by atoms with Crippen molar-refractivity contribution in [3.05, 3.63) is 58.4 Å². The van der Waals surface area contributed by atoms with Gasteiger partial charge < -0.3 is 14.8 Å². The van der Waals surface area contributed by atoms with Gasteiger partial charge in [0.15, 0.2) is 17.3 Å². The first kappa shape index (κ1) is 29.1. The van der Waals surface area contributed by atoms with Crippen LogP contribution in [0.1, 0.15) is 56.3 Å². The second-order valence-electron chi connectivity index (χ2n) is 10.7. The fourth-order valence-electron chi connectivity index (χ4n) is 5.14. The number of morpholine rings is 1. The number of aromatic nitrogens is 6. The average Bonchev–Trinajstić information content (AvgIpc) is 3.89. The lowest BCUT2D eigenvalue weighted by atomic mass is 10.1. The maximum Gasteiger partial charge on any atom is 0.295 e. The maximum absolute atomic E-state index is 13.8. The molecule has 1 N–H and O–H groups in total. The second kappa shape index (κ2) is 11.9. The van der Waals surface area contributed by atoms with Gasteiger partial charge >= 0.3 is 0 Å². The molecule has 226 valence electrons. The third-order valence-electron chi connectivity index (χ3n) is 7.88. The number of rotatable bonds is 10. The first-order valence-electron chi connectivity index (χ1n) is 14.4. The standard InChI is InChI=1S/C29H34N8O5S/c1-4-18(2)37-27-22(16-31-25(35-27)23-24(20-7-8-20)32-17-33-28(23)41-3)34-26(29(37)38)30-15-19-5-9-21(10-6-19)43(39,40)36-11-13-42-14-12-36/h5-6,9-10,16-18,20H,4,7-8,11-15H2,1-3H3,(H,30,34). The minimum atomic E-state index is -3.59. The fraction of sp³-hybridized carbons (Fsp3) is 0.448. The van der Waals surface area contributed by atoms with Crippen LogP contribution in [-0.2, 0) is 21.3 Å². The Hall–Kier alpha value is -4.01. The van der Waals surface area contributed by atoms with Crippen molar-refractivity contribution in [3.8, 4) is 17.3 Å². The zero-order valence-electron chi connectivity index (χ0n) is 24.4. The molecular weight excluding hydrogens is 572 g/mol. The van der Waals surface area contributed by atoms with E-state index in [1.54, 1.807) is 42.1 Å². The number of hydrogen-bond donors (Lipinski definition) is 1. The van der Waals surface area contributed by atoms with Gasteiger partial charge in [-0.3, -0.25) is 9.36 Å². The molecule has 1 saturated carbocycles. The van der Waals surface area contributed by atoms with Crippen LogP contribution in [0.4, 0.5) is 5.82 Å². The van der Waals surface area contributed by atoms with Crippen molar-refractivity contribution in [2.45, 2.75) is 56.5 Å². The Morgan fingerprint density at radius 2 is 1.84 bits per heavy atom. The number of fused-ring (bicyclic) bond motifs is 1. The maximum atomic E-state index is 13.8. The summed E-state index contributed by atoms with van der Waals surface area (Å²) in [6.07, 6.45) is 5.85. The molecule has 0 amide bonds. The Morgan fingerprint density at radius 1 is 1.09 bits per heavy atom. The van der Waals surface area contributed by atoms with Crippen LogP contribution in [0.15, 0.2) is 46.5 Å². The van der Waals surface area contributed by atoms with Crippen molar-refractivity contribution in [1.82, 2.24) is 33.8 Å². The third-order valence-corrected chi connectivity index (χ3v) is 9.79. The van der Waals surface area contributed by atoms with E-state index in [1.165, 1.54) is 10.6 Å². The normalized spacial score (nSPS) is 16.7. The number of benzene rings is 1. The minimum absolute atomic E-state index is 0.161. The molecule has 1 saturated heterocycles. The molecule has 1 atom stereocenters. The van der Waals surface area contributed by atoms with Gasteiger partial charge in [0.1, 0.15) is 17.4 Å². The van der Waals surface area contributed by atoms with Gasteiger partial charge in [-0.05, 0) is 43.9 Å². The predicted octanol–water partition coefficient (Wildman–Crippen LogP) is 3.13. The van der Waals surface area contributed by atoms with Crippen molar-refractivity contribution >= 4 is 27.0 Å². The van der Waals surface area contributed by atoms with E-state index in [9.17, 15) is 13.2 Å². The van der Waals surface area contributed by atoms with Gasteiger partial charge in [0.2, 0.25) is 15.9 Å². The molecule has 2 fully saturated rings. The van der Waals surface area contributed by atoms with Crippen LogP contribution in [-0.4, -0.2) is 75.6 Å². The number of ether oxygens (including phenoxy) is 2. The van der Waals surface area contributed by atoms with Gasteiger partial charge in [-0.2, -0.15) is 4.31 Å². The Labute approximate surface area is 249 Å². The summed E-state index contributed by atoms with van der Waals surface area (Å²) in [6.45, 7) is 5.68. The average molecular weight is 607 g/mol. The van der Waals surface area contributed by atoms with Crippen molar-refractivity contribution < 1.29 is 17.9 Å². The highest BCUT2D eigenvalue weighted by molar-refractivity contribution is 7.89. The van der Waals surface area contributed by atoms with Gasteiger partial charge in [0.25, 0.3) is 5.56 Å². The largest absolute Gasteiger partial charge is 0.480 e. The van der Waals surface area contributed by atoms with Crippen LogP contribution < -0.4 is 15.6 Å². The molecule has 1 aliphatic carbocycles. The van der Waals surface area contributed by atoms with E-state index in [-0.39, 0.29) is 28.9 Å². The summed E-state index contributed by atoms with van der Waals surface area (Å²) >= 11 is 0. The smallest absolute Gasteiger partial charge is 0.295 e. The molecule has 0 spiro atoms. The van der Waals surface area contributed by atoms with Crippen molar-refractivity contribution in [3.63, 3.8) is 0 Å². The minimum Gasteiger partial charge on any atom is -0.480 e. The fourth-order valence-corrected chi connectivity index (χ4v) is 6.55. The van der Waals surface area contributed by atoms with Gasteiger partial charge in [0, 0.05) is 31.6 Å². The van der Waals surface area contributed by atoms with Crippen molar-refractivity contribution in [2.24, 2.45) is 0 Å². The molecule has 2 aliphatic rings. The third kappa shape index (κ3) is 5.69. The van der Waals surface area contributed by atoms with Gasteiger partial charge in [-0.15, -0.1) is 0 Å². The number of sulfonamides is 1. The summed E-state index contributed by atoms with van der Waals surface area (Å²) in [7, 11) is -2.04. The van der Waals surface area contributed by atoms with Crippen molar-refractivity contribution in [1.29, 1.82) is 0 Å². The highest BCUT2D eigenvalue weighted by atomic mass is 32.2. The Morgan fingerprint density at radius 3 is 2.51 bits per heavy atom. The SMILES string of the molecule is CCC(C)n1c(=O)c(NCc2ccc(S(=O)(=O)N3CCOCC3)cc2)nc2cnc(-c3c(OC)ncnc3C3CC3)nc21. The van der Waals surface area contributed by atoms with E-state index in [4.69, 9.17) is 14.5 Å². The molecule has 0 radical (unpaired) electrons. The number of nitrogens with zero attached hydrogens (tertiary/aromatic N) is 7. The molecule has 43 heavy (non-hydrogen) atoms. The second-order valence-corrected chi connectivity index (χ2v) is 12.7. The molecule has 4 heterocycles. The lowest BCUT2D eigenvalue weighted by Gasteiger charge is -2.26. The van der Waals surface area contributed by atoms with E-state index < -0.39 is 10.0 Å². The summed E-state index contributed by atoms with van der Waals surface area (Å²) in [6, 6.07) is 6.47. The van der Waals surface area contributed by atoms with Crippen molar-refractivity contribution in [2.75, 3.05) is 38.7 Å². The molecule has 3 aromatic heterocycles. The summed E-state index contributed by atoms with van der Waals surface area (Å²) in [5.41, 5.74) is 2.85. The highest BCUT2D eigenvalue weighted by Crippen LogP contribution is 2.44. The van der Waals surface area contributed by atoms with Gasteiger partial charge in [0.05, 0.1) is 37.1 Å². The summed E-state index contributed by atoms with van der Waals surface area (Å²) < 4.78 is 39.8. The quantitative estimate of drug-likeness (QED) is 0.283. The van der Waals surface area contributed by atoms with Crippen LogP contribution in [0.2, 0.25) is 0 Å². The highest BCUT2D eigenvalue weighted by Gasteiger charge is 2.32. The van der Waals surface area contributed by atoms with E-state index >= 15 is 0 Å². The molecule has 6 rings (SSSR count). The van der Waals surface area contributed by atoms with E-state index in [0.29, 0.717) is 67.1 Å². The zero-order chi connectivity index (χ0) is 30.1. The molecule has 1 aliphatic heterocycles. The number of nitrogens with one attached hydrogen (secondary N) is 1. The van der Waals surface area contributed by atoms with E-state index in [1.807, 2.05) is 13.8 Å². The molecule has 13 nitrogen and oxygen atoms in total. The van der Waals surface area contributed by atoms with Gasteiger partial charge in [-0.25, -0.2) is 33.3 Å². The molecule has 4 aromatic rings. The van der Waals surface area contributed by atoms with Crippen LogP contribution in [0.25, 0.3) is 22.6 Å². The van der Waals surface area contributed by atoms with Crippen LogP contribution >= 0.6 is 0 Å².